The van der Waals surface area contributed by atoms with Crippen molar-refractivity contribution in [1.29, 1.82) is 0 Å². The van der Waals surface area contributed by atoms with Gasteiger partial charge in [0.25, 0.3) is 0 Å². The van der Waals surface area contributed by atoms with Crippen molar-refractivity contribution in [3.63, 3.8) is 0 Å². The normalized spacial score (nSPS) is 14.7. The van der Waals surface area contributed by atoms with Gasteiger partial charge in [0.15, 0.2) is 0 Å². The van der Waals surface area contributed by atoms with E-state index < -0.39 is 10.8 Å². The number of fused-ring (bicyclic) bond motifs is 1. The third-order valence-corrected chi connectivity index (χ3v) is 19.7. The Bertz CT molecular complexity index is 3900. The van der Waals surface area contributed by atoms with Gasteiger partial charge in [0.1, 0.15) is 0 Å². The molecule has 88 heavy (non-hydrogen) atoms. The predicted molar refractivity (Wildman–Crippen MR) is 381 cm³/mol. The third-order valence-electron chi connectivity index (χ3n) is 19.7. The van der Waals surface area contributed by atoms with E-state index in [-0.39, 0.29) is 32.5 Å². The van der Waals surface area contributed by atoms with Crippen LogP contribution in [0.4, 0.5) is 51.2 Å². The molecular weight excluding hydrogens is 1060 g/mol. The molecule has 0 radical (unpaired) electrons. The molecule has 0 unspecified atom stereocenters. The molecule has 1 aromatic heterocycles. The minimum absolute atomic E-state index is 0.00564. The maximum atomic E-state index is 2.70. The molecule has 2 aliphatic heterocycles. The van der Waals surface area contributed by atoms with Crippen LogP contribution in [0.3, 0.4) is 0 Å². The van der Waals surface area contributed by atoms with E-state index in [2.05, 4.69) is 354 Å². The summed E-state index contributed by atoms with van der Waals surface area (Å²) < 4.78 is 2.70. The average molecular weight is 1160 g/mol. The van der Waals surface area contributed by atoms with E-state index in [1.54, 1.807) is 0 Å². The maximum Gasteiger partial charge on any atom is 0.0583 e. The molecule has 10 aromatic rings. The second kappa shape index (κ2) is 20.4. The molecule has 12 rings (SSSR count). The van der Waals surface area contributed by atoms with E-state index in [0.29, 0.717) is 0 Å². The molecule has 0 N–H and O–H groups in total. The van der Waals surface area contributed by atoms with E-state index in [1.807, 2.05) is 0 Å². The van der Waals surface area contributed by atoms with Crippen molar-refractivity contribution in [3.05, 3.63) is 238 Å². The highest BCUT2D eigenvalue weighted by Gasteiger charge is 2.45. The summed E-state index contributed by atoms with van der Waals surface area (Å²) >= 11 is 0. The molecule has 4 nitrogen and oxygen atoms in total. The summed E-state index contributed by atoms with van der Waals surface area (Å²) in [7, 11) is 0. The highest BCUT2D eigenvalue weighted by atomic mass is 15.2. The van der Waals surface area contributed by atoms with E-state index in [1.165, 1.54) is 83.1 Å². The largest absolute Gasteiger partial charge is 0.310 e. The Balaban J connectivity index is 1.19. The van der Waals surface area contributed by atoms with E-state index in [4.69, 9.17) is 0 Å². The Morgan fingerprint density at radius 3 is 0.614 bits per heavy atom. The Morgan fingerprint density at radius 1 is 0.239 bits per heavy atom. The van der Waals surface area contributed by atoms with Gasteiger partial charge in [-0.2, -0.15) is 0 Å². The number of hydrogen-bond acceptors (Lipinski definition) is 3. The fourth-order valence-corrected chi connectivity index (χ4v) is 13.9. The number of aromatic nitrogens is 1. The maximum absolute atomic E-state index is 2.70. The van der Waals surface area contributed by atoms with Crippen molar-refractivity contribution < 1.29 is 0 Å². The smallest absolute Gasteiger partial charge is 0.0583 e. The van der Waals surface area contributed by atoms with Gasteiger partial charge < -0.3 is 19.3 Å². The fourth-order valence-electron chi connectivity index (χ4n) is 13.9. The van der Waals surface area contributed by atoms with Crippen LogP contribution in [0.5, 0.6) is 0 Å². The minimum atomic E-state index is -0.458. The quantitative estimate of drug-likeness (QED) is 0.143. The van der Waals surface area contributed by atoms with Gasteiger partial charge >= 0.3 is 0 Å². The summed E-state index contributed by atoms with van der Waals surface area (Å²) in [4.78, 5) is 7.56. The van der Waals surface area contributed by atoms with Gasteiger partial charge in [-0.25, -0.2) is 0 Å². The molecule has 0 spiro atoms. The monoisotopic (exact) mass is 1160 g/mol. The zero-order valence-electron chi connectivity index (χ0n) is 57.1. The van der Waals surface area contributed by atoms with Crippen LogP contribution >= 0.6 is 0 Å². The molecule has 0 atom stereocenters. The predicted octanol–water partition coefficient (Wildman–Crippen LogP) is 24.3. The second-order valence-electron chi connectivity index (χ2n) is 33.0. The Morgan fingerprint density at radius 2 is 0.420 bits per heavy atom. The molecule has 0 amide bonds. The lowest BCUT2D eigenvalue weighted by atomic mass is 9.68. The van der Waals surface area contributed by atoms with Crippen LogP contribution in [0.2, 0.25) is 0 Å². The molecule has 0 aliphatic carbocycles. The number of anilines is 9. The summed E-state index contributed by atoms with van der Waals surface area (Å²) in [5.41, 5.74) is 26.4. The average Bonchev–Trinajstić information content (AvgIpc) is 1.41. The summed E-state index contributed by atoms with van der Waals surface area (Å²) in [5, 5.41) is 2.51. The van der Waals surface area contributed by atoms with Gasteiger partial charge in [-0.15, -0.1) is 0 Å². The van der Waals surface area contributed by atoms with Crippen molar-refractivity contribution in [2.45, 2.75) is 196 Å². The molecule has 4 heteroatoms. The van der Waals surface area contributed by atoms with Crippen LogP contribution in [0.25, 0.3) is 27.5 Å². The van der Waals surface area contributed by atoms with E-state index in [9.17, 15) is 0 Å². The van der Waals surface area contributed by atoms with Gasteiger partial charge in [-0.3, -0.25) is 0 Å². The van der Waals surface area contributed by atoms with Crippen LogP contribution in [-0.4, -0.2) is 4.57 Å². The molecule has 2 aliphatic rings. The molecule has 9 aromatic carbocycles. The van der Waals surface area contributed by atoms with Gasteiger partial charge in [0.05, 0.1) is 16.7 Å². The Kier molecular flexibility index (Phi) is 14.0. The molecule has 3 heterocycles. The first-order valence-corrected chi connectivity index (χ1v) is 32.3. The van der Waals surface area contributed by atoms with Gasteiger partial charge in [0.2, 0.25) is 0 Å². The molecule has 452 valence electrons. The summed E-state index contributed by atoms with van der Waals surface area (Å²) in [5.74, 6) is 0. The van der Waals surface area contributed by atoms with Crippen LogP contribution in [0.1, 0.15) is 208 Å². The van der Waals surface area contributed by atoms with Crippen molar-refractivity contribution in [2.75, 3.05) is 14.7 Å². The lowest BCUT2D eigenvalue weighted by molar-refractivity contribution is 0.590. The molecule has 0 fully saturated rings. The van der Waals surface area contributed by atoms with Crippen molar-refractivity contribution >= 4 is 73.0 Å². The van der Waals surface area contributed by atoms with Gasteiger partial charge in [-0.1, -0.05) is 225 Å². The first kappa shape index (κ1) is 60.5. The molecule has 0 saturated carbocycles. The summed E-state index contributed by atoms with van der Waals surface area (Å²) in [6.07, 6.45) is 0. The standard InChI is InChI=1S/C84H96N4/c1-77(2,3)53-23-35-59(36-24-53)85(60-37-25-54(26-38-60)78(4,5)6)65-47-68-69-48-66(86(61-39-27-55(28-40-61)79(7,8)9)62-41-29-56(30-42-62)80(10,11)12)50-71-75(69)88-74(68)70(49-65)83(19,20)72-51-67(52-73(76(72)88)84(71,21)22)87(63-43-31-57(32-44-63)81(13,14)15)64-45-33-58(34-46-64)82(16,17)18/h23-52H,1-22H3. The summed E-state index contributed by atoms with van der Waals surface area (Å²) in [6.45, 7) is 51.5. The third kappa shape index (κ3) is 10.3. The van der Waals surface area contributed by atoms with Gasteiger partial charge in [-0.05, 0) is 197 Å². The minimum Gasteiger partial charge on any atom is -0.310 e. The zero-order valence-corrected chi connectivity index (χ0v) is 57.1. The fraction of sp³-hybridized carbons (Fsp3) is 0.357. The lowest BCUT2D eigenvalue weighted by Crippen LogP contribution is -2.34. The Hall–Kier alpha value is -7.82. The number of hydrogen-bond donors (Lipinski definition) is 0. The first-order chi connectivity index (χ1) is 40.9. The number of benzene rings is 9. The number of rotatable bonds is 9. The first-order valence-electron chi connectivity index (χ1n) is 32.3. The highest BCUT2D eigenvalue weighted by molar-refractivity contribution is 6.16. The van der Waals surface area contributed by atoms with Gasteiger partial charge in [0, 0.05) is 72.8 Å². The topological polar surface area (TPSA) is 14.7 Å². The second-order valence-corrected chi connectivity index (χ2v) is 33.0. The van der Waals surface area contributed by atoms with E-state index in [0.717, 1.165) is 51.2 Å². The Labute approximate surface area is 528 Å². The van der Waals surface area contributed by atoms with Crippen LogP contribution in [0.15, 0.2) is 182 Å². The molecule has 0 saturated heterocycles. The van der Waals surface area contributed by atoms with Crippen LogP contribution < -0.4 is 14.7 Å². The van der Waals surface area contributed by atoms with Crippen molar-refractivity contribution in [3.8, 4) is 5.69 Å². The highest BCUT2D eigenvalue weighted by Crippen LogP contribution is 2.59. The lowest BCUT2D eigenvalue weighted by Gasteiger charge is -2.44. The number of nitrogens with zero attached hydrogens (tertiary/aromatic N) is 4. The van der Waals surface area contributed by atoms with Crippen molar-refractivity contribution in [2.24, 2.45) is 0 Å². The SMILES string of the molecule is CC(C)(C)c1ccc(N(c2ccc(C(C)(C)C)cc2)c2cc3c4c(c2)C(C)(C)c2cc(N(c5ccc(C(C)(C)C)cc5)c5ccc(C(C)(C)C)cc5)cc5c6cc(N(c7ccc(C(C)(C)C)cc7)c7ccc(C(C)(C)C)cc7)cc(c6n-4c25)C3(C)C)cc1. The van der Waals surface area contributed by atoms with Crippen LogP contribution in [0, 0.1) is 0 Å². The summed E-state index contributed by atoms with van der Waals surface area (Å²) in [6, 6.07) is 71.4. The zero-order chi connectivity index (χ0) is 63.4. The van der Waals surface area contributed by atoms with Crippen LogP contribution in [-0.2, 0) is 43.3 Å². The molecule has 0 bridgehead atoms. The van der Waals surface area contributed by atoms with Crippen molar-refractivity contribution in [1.82, 2.24) is 4.57 Å². The van der Waals surface area contributed by atoms with E-state index >= 15 is 0 Å². The molecular formula is C84H96N4.